The second-order valence-electron chi connectivity index (χ2n) is 4.67. The molecule has 0 fully saturated rings. The molecule has 0 aliphatic rings. The number of carboxylic acid groups (broad SMARTS) is 1. The van der Waals surface area contributed by atoms with Gasteiger partial charge in [0.25, 0.3) is 5.91 Å². The number of rotatable bonds is 5. The summed E-state index contributed by atoms with van der Waals surface area (Å²) in [6, 6.07) is 4.51. The van der Waals surface area contributed by atoms with Crippen molar-refractivity contribution in [2.45, 2.75) is 13.8 Å². The SMILES string of the molecule is CC(C)C(CNC(=O)c1cc(N)cc(Cl)c1)C(=O)O. The summed E-state index contributed by atoms with van der Waals surface area (Å²) < 4.78 is 0. The third-order valence-electron chi connectivity index (χ3n) is 2.79. The summed E-state index contributed by atoms with van der Waals surface area (Å²) in [6.07, 6.45) is 0. The highest BCUT2D eigenvalue weighted by molar-refractivity contribution is 6.31. The third kappa shape index (κ3) is 4.44. The van der Waals surface area contributed by atoms with E-state index in [0.29, 0.717) is 16.3 Å². The van der Waals surface area contributed by atoms with Gasteiger partial charge in [0.1, 0.15) is 0 Å². The fourth-order valence-corrected chi connectivity index (χ4v) is 1.90. The fraction of sp³-hybridized carbons (Fsp3) is 0.385. The summed E-state index contributed by atoms with van der Waals surface area (Å²) in [5, 5.41) is 12.0. The predicted octanol–water partition coefficient (Wildman–Crippen LogP) is 2.01. The standard InChI is InChI=1S/C13H17ClN2O3/c1-7(2)11(13(18)19)6-16-12(17)8-3-9(14)5-10(15)4-8/h3-5,7,11H,6,15H2,1-2H3,(H,16,17)(H,18,19). The van der Waals surface area contributed by atoms with E-state index in [1.807, 2.05) is 0 Å². The zero-order valence-electron chi connectivity index (χ0n) is 10.8. The maximum Gasteiger partial charge on any atom is 0.308 e. The predicted molar refractivity (Wildman–Crippen MR) is 74.2 cm³/mol. The summed E-state index contributed by atoms with van der Waals surface area (Å²) in [7, 11) is 0. The second-order valence-corrected chi connectivity index (χ2v) is 5.11. The molecule has 0 spiro atoms. The van der Waals surface area contributed by atoms with Gasteiger partial charge in [-0.25, -0.2) is 0 Å². The van der Waals surface area contributed by atoms with Gasteiger partial charge in [-0.3, -0.25) is 9.59 Å². The largest absolute Gasteiger partial charge is 0.481 e. The van der Waals surface area contributed by atoms with Crippen LogP contribution < -0.4 is 11.1 Å². The van der Waals surface area contributed by atoms with Crippen LogP contribution >= 0.6 is 11.6 Å². The van der Waals surface area contributed by atoms with Crippen LogP contribution in [0.25, 0.3) is 0 Å². The molecule has 6 heteroatoms. The summed E-state index contributed by atoms with van der Waals surface area (Å²) in [6.45, 7) is 3.66. The number of hydrogen-bond donors (Lipinski definition) is 3. The molecule has 1 aromatic rings. The number of carbonyl (C=O) groups excluding carboxylic acids is 1. The van der Waals surface area contributed by atoms with Gasteiger partial charge in [0.15, 0.2) is 0 Å². The molecule has 1 rings (SSSR count). The minimum absolute atomic E-state index is 0.0674. The topological polar surface area (TPSA) is 92.4 Å². The Morgan fingerprint density at radius 3 is 2.47 bits per heavy atom. The summed E-state index contributed by atoms with van der Waals surface area (Å²) in [4.78, 5) is 22.9. The van der Waals surface area contributed by atoms with Crippen molar-refractivity contribution >= 4 is 29.2 Å². The lowest BCUT2D eigenvalue weighted by Crippen LogP contribution is -2.35. The first kappa shape index (κ1) is 15.3. The lowest BCUT2D eigenvalue weighted by Gasteiger charge is -2.16. The van der Waals surface area contributed by atoms with Gasteiger partial charge in [0, 0.05) is 22.8 Å². The molecule has 0 aliphatic heterocycles. The van der Waals surface area contributed by atoms with Crippen LogP contribution in [0.3, 0.4) is 0 Å². The Hall–Kier alpha value is -1.75. The number of nitrogen functional groups attached to an aromatic ring is 1. The molecule has 0 bridgehead atoms. The summed E-state index contributed by atoms with van der Waals surface area (Å²) in [5.74, 6) is -2.01. The van der Waals surface area contributed by atoms with Crippen LogP contribution in [-0.4, -0.2) is 23.5 Å². The van der Waals surface area contributed by atoms with Gasteiger partial charge >= 0.3 is 5.97 Å². The quantitative estimate of drug-likeness (QED) is 0.721. The van der Waals surface area contributed by atoms with Crippen molar-refractivity contribution in [1.82, 2.24) is 5.32 Å². The Morgan fingerprint density at radius 2 is 2.00 bits per heavy atom. The fourth-order valence-electron chi connectivity index (χ4n) is 1.66. The molecular weight excluding hydrogens is 268 g/mol. The Kier molecular flexibility index (Phi) is 5.18. The highest BCUT2D eigenvalue weighted by Gasteiger charge is 2.22. The van der Waals surface area contributed by atoms with Crippen molar-refractivity contribution in [3.8, 4) is 0 Å². The number of nitrogens with one attached hydrogen (secondary N) is 1. The zero-order valence-corrected chi connectivity index (χ0v) is 11.6. The molecule has 0 saturated carbocycles. The minimum atomic E-state index is -0.930. The number of nitrogens with two attached hydrogens (primary N) is 1. The van der Waals surface area contributed by atoms with Gasteiger partial charge in [0.2, 0.25) is 0 Å². The molecule has 1 unspecified atom stereocenters. The number of carboxylic acids is 1. The first-order chi connectivity index (χ1) is 8.81. The number of benzene rings is 1. The number of aliphatic carboxylic acids is 1. The van der Waals surface area contributed by atoms with Gasteiger partial charge in [-0.1, -0.05) is 25.4 Å². The van der Waals surface area contributed by atoms with Crippen molar-refractivity contribution in [3.05, 3.63) is 28.8 Å². The maximum absolute atomic E-state index is 11.9. The van der Waals surface area contributed by atoms with Crippen molar-refractivity contribution in [1.29, 1.82) is 0 Å². The maximum atomic E-state index is 11.9. The zero-order chi connectivity index (χ0) is 14.6. The molecule has 0 saturated heterocycles. The van der Waals surface area contributed by atoms with Gasteiger partial charge < -0.3 is 16.2 Å². The van der Waals surface area contributed by atoms with E-state index in [1.54, 1.807) is 13.8 Å². The van der Waals surface area contributed by atoms with Crippen LogP contribution in [0.2, 0.25) is 5.02 Å². The Labute approximate surface area is 116 Å². The van der Waals surface area contributed by atoms with Crippen molar-refractivity contribution in [2.75, 3.05) is 12.3 Å². The molecule has 1 atom stereocenters. The van der Waals surface area contributed by atoms with E-state index in [4.69, 9.17) is 22.4 Å². The Balaban J connectivity index is 2.72. The number of amides is 1. The normalized spacial score (nSPS) is 12.2. The molecular formula is C13H17ClN2O3. The number of hydrogen-bond acceptors (Lipinski definition) is 3. The first-order valence-electron chi connectivity index (χ1n) is 5.88. The molecule has 1 amide bonds. The average Bonchev–Trinajstić information content (AvgIpc) is 2.26. The highest BCUT2D eigenvalue weighted by Crippen LogP contribution is 2.17. The summed E-state index contributed by atoms with van der Waals surface area (Å²) >= 11 is 5.80. The number of halogens is 1. The van der Waals surface area contributed by atoms with E-state index in [9.17, 15) is 9.59 Å². The van der Waals surface area contributed by atoms with E-state index in [-0.39, 0.29) is 18.4 Å². The van der Waals surface area contributed by atoms with Crippen LogP contribution in [0, 0.1) is 11.8 Å². The van der Waals surface area contributed by atoms with E-state index in [0.717, 1.165) is 0 Å². The number of anilines is 1. The Bertz CT molecular complexity index is 469. The van der Waals surface area contributed by atoms with E-state index < -0.39 is 11.9 Å². The van der Waals surface area contributed by atoms with Crippen LogP contribution in [0.5, 0.6) is 0 Å². The molecule has 0 aromatic heterocycles. The molecule has 5 nitrogen and oxygen atoms in total. The molecule has 104 valence electrons. The van der Waals surface area contributed by atoms with E-state index >= 15 is 0 Å². The number of carbonyl (C=O) groups is 2. The van der Waals surface area contributed by atoms with Gasteiger partial charge in [-0.2, -0.15) is 0 Å². The molecule has 19 heavy (non-hydrogen) atoms. The Morgan fingerprint density at radius 1 is 1.37 bits per heavy atom. The molecule has 4 N–H and O–H groups in total. The van der Waals surface area contributed by atoms with Gasteiger partial charge in [-0.05, 0) is 24.1 Å². The van der Waals surface area contributed by atoms with Gasteiger partial charge in [0.05, 0.1) is 5.92 Å². The second kappa shape index (κ2) is 6.43. The lowest BCUT2D eigenvalue weighted by atomic mass is 9.96. The van der Waals surface area contributed by atoms with Crippen molar-refractivity contribution in [2.24, 2.45) is 11.8 Å². The van der Waals surface area contributed by atoms with Crippen LogP contribution in [0.1, 0.15) is 24.2 Å². The smallest absolute Gasteiger partial charge is 0.308 e. The average molecular weight is 285 g/mol. The molecule has 0 aliphatic carbocycles. The van der Waals surface area contributed by atoms with Crippen LogP contribution in [-0.2, 0) is 4.79 Å². The van der Waals surface area contributed by atoms with Crippen LogP contribution in [0.4, 0.5) is 5.69 Å². The summed E-state index contributed by atoms with van der Waals surface area (Å²) in [5.41, 5.74) is 6.29. The van der Waals surface area contributed by atoms with E-state index in [1.165, 1.54) is 18.2 Å². The van der Waals surface area contributed by atoms with Crippen LogP contribution in [0.15, 0.2) is 18.2 Å². The van der Waals surface area contributed by atoms with Crippen molar-refractivity contribution in [3.63, 3.8) is 0 Å². The molecule has 0 radical (unpaired) electrons. The minimum Gasteiger partial charge on any atom is -0.481 e. The first-order valence-corrected chi connectivity index (χ1v) is 6.26. The third-order valence-corrected chi connectivity index (χ3v) is 3.00. The highest BCUT2D eigenvalue weighted by atomic mass is 35.5. The molecule has 0 heterocycles. The molecule has 1 aromatic carbocycles. The van der Waals surface area contributed by atoms with Gasteiger partial charge in [-0.15, -0.1) is 0 Å². The van der Waals surface area contributed by atoms with Crippen molar-refractivity contribution < 1.29 is 14.7 Å². The lowest BCUT2D eigenvalue weighted by molar-refractivity contribution is -0.142. The van der Waals surface area contributed by atoms with E-state index in [2.05, 4.69) is 5.32 Å². The monoisotopic (exact) mass is 284 g/mol.